The van der Waals surface area contributed by atoms with Crippen LogP contribution in [0.3, 0.4) is 0 Å². The normalized spacial score (nSPS) is 10.6. The van der Waals surface area contributed by atoms with Crippen molar-refractivity contribution in [2.24, 2.45) is 5.73 Å². The molecule has 0 atom stereocenters. The van der Waals surface area contributed by atoms with E-state index in [-0.39, 0.29) is 5.56 Å². The van der Waals surface area contributed by atoms with Crippen molar-refractivity contribution < 1.29 is 18.3 Å². The van der Waals surface area contributed by atoms with Crippen molar-refractivity contribution in [3.63, 3.8) is 0 Å². The first-order valence-electron chi connectivity index (χ1n) is 4.05. The van der Waals surface area contributed by atoms with E-state index in [4.69, 9.17) is 5.73 Å². The number of hydrogen-bond acceptors (Lipinski definition) is 2. The van der Waals surface area contributed by atoms with Crippen molar-refractivity contribution >= 4 is 12.0 Å². The summed E-state index contributed by atoms with van der Waals surface area (Å²) in [4.78, 5) is 10.4. The van der Waals surface area contributed by atoms with E-state index in [1.807, 2.05) is 0 Å². The minimum absolute atomic E-state index is 0.199. The predicted octanol–water partition coefficient (Wildman–Crippen LogP) is 1.47. The highest BCUT2D eigenvalue weighted by atomic mass is 19.1. The second-order valence-electron chi connectivity index (χ2n) is 2.75. The van der Waals surface area contributed by atoms with E-state index < -0.39 is 23.3 Å². The molecule has 0 unspecified atom stereocenters. The standard InChI is InChI=1S/C10H9F2NO2/c1-15-10-7(11)4-6(5-8(10)12)2-3-9(13)14/h2-5H,1H3,(H2,13,14)/b3-2-. The second kappa shape index (κ2) is 4.54. The maximum Gasteiger partial charge on any atom is 0.241 e. The number of benzene rings is 1. The number of hydrogen-bond donors (Lipinski definition) is 1. The van der Waals surface area contributed by atoms with Crippen molar-refractivity contribution in [1.82, 2.24) is 0 Å². The summed E-state index contributed by atoms with van der Waals surface area (Å²) in [6.45, 7) is 0. The summed E-state index contributed by atoms with van der Waals surface area (Å²) < 4.78 is 30.7. The van der Waals surface area contributed by atoms with Crippen LogP contribution < -0.4 is 10.5 Å². The number of nitrogens with two attached hydrogens (primary N) is 1. The summed E-state index contributed by atoms with van der Waals surface area (Å²) in [5.74, 6) is -2.80. The third-order valence-corrected chi connectivity index (χ3v) is 1.66. The van der Waals surface area contributed by atoms with Gasteiger partial charge in [-0.15, -0.1) is 0 Å². The highest BCUT2D eigenvalue weighted by Crippen LogP contribution is 2.23. The zero-order valence-corrected chi connectivity index (χ0v) is 7.96. The molecule has 0 bridgehead atoms. The molecular weight excluding hydrogens is 204 g/mol. The van der Waals surface area contributed by atoms with E-state index in [9.17, 15) is 13.6 Å². The van der Waals surface area contributed by atoms with Crippen LogP contribution in [0.25, 0.3) is 6.08 Å². The van der Waals surface area contributed by atoms with Gasteiger partial charge in [0.2, 0.25) is 5.91 Å². The molecule has 0 heterocycles. The summed E-state index contributed by atoms with van der Waals surface area (Å²) in [7, 11) is 1.17. The highest BCUT2D eigenvalue weighted by molar-refractivity contribution is 5.90. The molecule has 3 nitrogen and oxygen atoms in total. The fraction of sp³-hybridized carbons (Fsp3) is 0.100. The third-order valence-electron chi connectivity index (χ3n) is 1.66. The summed E-state index contributed by atoms with van der Waals surface area (Å²) in [5, 5.41) is 0. The van der Waals surface area contributed by atoms with E-state index in [2.05, 4.69) is 4.74 Å². The fourth-order valence-electron chi connectivity index (χ4n) is 1.05. The molecular formula is C10H9F2NO2. The molecule has 0 fully saturated rings. The molecule has 1 rings (SSSR count). The molecule has 0 aliphatic heterocycles. The van der Waals surface area contributed by atoms with Crippen molar-refractivity contribution in [3.05, 3.63) is 35.4 Å². The van der Waals surface area contributed by atoms with Gasteiger partial charge >= 0.3 is 0 Å². The number of amides is 1. The quantitative estimate of drug-likeness (QED) is 0.773. The van der Waals surface area contributed by atoms with Crippen molar-refractivity contribution in [1.29, 1.82) is 0 Å². The van der Waals surface area contributed by atoms with Crippen LogP contribution >= 0.6 is 0 Å². The van der Waals surface area contributed by atoms with E-state index in [0.717, 1.165) is 18.2 Å². The van der Waals surface area contributed by atoms with Crippen LogP contribution in [0.15, 0.2) is 18.2 Å². The Balaban J connectivity index is 3.09. The van der Waals surface area contributed by atoms with Gasteiger partial charge in [0.15, 0.2) is 17.4 Å². The summed E-state index contributed by atoms with van der Waals surface area (Å²) in [5.41, 5.74) is 5.03. The van der Waals surface area contributed by atoms with Crippen LogP contribution in [0, 0.1) is 11.6 Å². The van der Waals surface area contributed by atoms with E-state index >= 15 is 0 Å². The minimum Gasteiger partial charge on any atom is -0.491 e. The Morgan fingerprint density at radius 1 is 1.40 bits per heavy atom. The Labute approximate surface area is 85.1 Å². The number of carbonyl (C=O) groups is 1. The lowest BCUT2D eigenvalue weighted by Crippen LogP contribution is -2.05. The average Bonchev–Trinajstić information content (AvgIpc) is 2.14. The summed E-state index contributed by atoms with van der Waals surface area (Å²) >= 11 is 0. The summed E-state index contributed by atoms with van der Waals surface area (Å²) in [6, 6.07) is 2.09. The van der Waals surface area contributed by atoms with Gasteiger partial charge in [0, 0.05) is 6.08 Å². The molecule has 80 valence electrons. The van der Waals surface area contributed by atoms with E-state index in [0.29, 0.717) is 0 Å². The van der Waals surface area contributed by atoms with Gasteiger partial charge in [0.25, 0.3) is 0 Å². The van der Waals surface area contributed by atoms with Gasteiger partial charge in [-0.3, -0.25) is 4.79 Å². The lowest BCUT2D eigenvalue weighted by molar-refractivity contribution is -0.113. The molecule has 0 saturated heterocycles. The van der Waals surface area contributed by atoms with Gasteiger partial charge in [-0.25, -0.2) is 8.78 Å². The SMILES string of the molecule is COc1c(F)cc(/C=C\C(N)=O)cc1F. The lowest BCUT2D eigenvalue weighted by atomic mass is 10.2. The van der Waals surface area contributed by atoms with Gasteiger partial charge in [0.1, 0.15) is 0 Å². The predicted molar refractivity (Wildman–Crippen MR) is 51.1 cm³/mol. The molecule has 5 heteroatoms. The van der Waals surface area contributed by atoms with Crippen molar-refractivity contribution in [3.8, 4) is 5.75 Å². The van der Waals surface area contributed by atoms with Gasteiger partial charge in [-0.05, 0) is 23.8 Å². The Morgan fingerprint density at radius 2 is 1.93 bits per heavy atom. The van der Waals surface area contributed by atoms with Gasteiger partial charge < -0.3 is 10.5 Å². The minimum atomic E-state index is -0.832. The number of carbonyl (C=O) groups excluding carboxylic acids is 1. The van der Waals surface area contributed by atoms with Crippen LogP contribution in [0.1, 0.15) is 5.56 Å². The van der Waals surface area contributed by atoms with Crippen LogP contribution in [0.5, 0.6) is 5.75 Å². The molecule has 0 saturated carbocycles. The maximum absolute atomic E-state index is 13.1. The molecule has 0 spiro atoms. The number of methoxy groups -OCH3 is 1. The highest BCUT2D eigenvalue weighted by Gasteiger charge is 2.09. The fourth-order valence-corrected chi connectivity index (χ4v) is 1.05. The van der Waals surface area contributed by atoms with Gasteiger partial charge in [-0.2, -0.15) is 0 Å². The zero-order valence-electron chi connectivity index (χ0n) is 7.96. The zero-order chi connectivity index (χ0) is 11.4. The number of primary amides is 1. The first kappa shape index (κ1) is 11.2. The summed E-state index contributed by atoms with van der Waals surface area (Å²) in [6.07, 6.45) is 2.23. The molecule has 1 aromatic carbocycles. The Hall–Kier alpha value is -1.91. The molecule has 2 N–H and O–H groups in total. The number of rotatable bonds is 3. The smallest absolute Gasteiger partial charge is 0.241 e. The molecule has 1 aromatic rings. The first-order valence-corrected chi connectivity index (χ1v) is 4.05. The van der Waals surface area contributed by atoms with Crippen LogP contribution in [-0.2, 0) is 4.79 Å². The molecule has 0 aliphatic carbocycles. The average molecular weight is 213 g/mol. The van der Waals surface area contributed by atoms with Crippen LogP contribution in [0.2, 0.25) is 0 Å². The van der Waals surface area contributed by atoms with Crippen molar-refractivity contribution in [2.45, 2.75) is 0 Å². The lowest BCUT2D eigenvalue weighted by Gasteiger charge is -2.03. The molecule has 0 radical (unpaired) electrons. The molecule has 15 heavy (non-hydrogen) atoms. The van der Waals surface area contributed by atoms with Crippen LogP contribution in [0.4, 0.5) is 8.78 Å². The Bertz CT molecular complexity index is 393. The molecule has 0 aromatic heterocycles. The van der Waals surface area contributed by atoms with E-state index in [1.54, 1.807) is 0 Å². The first-order chi connectivity index (χ1) is 7.04. The topological polar surface area (TPSA) is 52.3 Å². The maximum atomic E-state index is 13.1. The van der Waals surface area contributed by atoms with Crippen LogP contribution in [-0.4, -0.2) is 13.0 Å². The van der Waals surface area contributed by atoms with Gasteiger partial charge in [0.05, 0.1) is 7.11 Å². The monoisotopic (exact) mass is 213 g/mol. The molecule has 1 amide bonds. The number of halogens is 2. The second-order valence-corrected chi connectivity index (χ2v) is 2.75. The number of ether oxygens (including phenoxy) is 1. The largest absolute Gasteiger partial charge is 0.491 e. The third kappa shape index (κ3) is 2.77. The van der Waals surface area contributed by atoms with Gasteiger partial charge in [-0.1, -0.05) is 0 Å². The molecule has 0 aliphatic rings. The van der Waals surface area contributed by atoms with Crippen molar-refractivity contribution in [2.75, 3.05) is 7.11 Å². The Morgan fingerprint density at radius 3 is 2.33 bits per heavy atom. The van der Waals surface area contributed by atoms with E-state index in [1.165, 1.54) is 13.2 Å². The Kier molecular flexibility index (Phi) is 3.38.